The fraction of sp³-hybridized carbons (Fsp3) is 0.476. The molecule has 0 radical (unpaired) electrons. The number of aromatic nitrogens is 2. The molecule has 2 aromatic heterocycles. The summed E-state index contributed by atoms with van der Waals surface area (Å²) < 4.78 is 5.17. The van der Waals surface area contributed by atoms with Gasteiger partial charge in [-0.15, -0.1) is 0 Å². The van der Waals surface area contributed by atoms with E-state index >= 15 is 0 Å². The molecular formula is C21H26N4O2. The van der Waals surface area contributed by atoms with E-state index in [9.17, 15) is 4.79 Å². The highest BCUT2D eigenvalue weighted by molar-refractivity contribution is 6.07. The van der Waals surface area contributed by atoms with Gasteiger partial charge in [0.2, 0.25) is 5.91 Å². The van der Waals surface area contributed by atoms with Crippen molar-refractivity contribution >= 4 is 17.5 Å². The smallest absolute Gasteiger partial charge is 0.238 e. The number of carbonyl (C=O) groups excluding carboxylic acids is 1. The van der Waals surface area contributed by atoms with Crippen molar-refractivity contribution in [1.29, 1.82) is 0 Å². The van der Waals surface area contributed by atoms with Crippen LogP contribution >= 0.6 is 0 Å². The summed E-state index contributed by atoms with van der Waals surface area (Å²) in [5.74, 6) is 2.58. The molecule has 0 saturated heterocycles. The van der Waals surface area contributed by atoms with Gasteiger partial charge in [-0.3, -0.25) is 9.69 Å². The molecule has 3 heterocycles. The van der Waals surface area contributed by atoms with Gasteiger partial charge in [-0.25, -0.2) is 9.97 Å². The van der Waals surface area contributed by atoms with Crippen LogP contribution < -0.4 is 15.0 Å². The van der Waals surface area contributed by atoms with Crippen molar-refractivity contribution in [3.8, 4) is 5.75 Å². The predicted octanol–water partition coefficient (Wildman–Crippen LogP) is 3.53. The molecule has 6 nitrogen and oxygen atoms in total. The topological polar surface area (TPSA) is 67.3 Å². The Balaban J connectivity index is 1.52. The minimum Gasteiger partial charge on any atom is -0.495 e. The second-order valence-corrected chi connectivity index (χ2v) is 7.92. The number of hydrogen-bond donors (Lipinski definition) is 1. The number of carbonyl (C=O) groups is 1. The Bertz CT molecular complexity index is 834. The molecular weight excluding hydrogens is 340 g/mol. The summed E-state index contributed by atoms with van der Waals surface area (Å²) in [5.41, 5.74) is 0.517. The molecule has 2 atom stereocenters. The van der Waals surface area contributed by atoms with Gasteiger partial charge in [-0.05, 0) is 57.7 Å². The van der Waals surface area contributed by atoms with Crippen LogP contribution in [0.4, 0.5) is 11.6 Å². The van der Waals surface area contributed by atoms with E-state index in [0.717, 1.165) is 48.6 Å². The number of amides is 1. The Labute approximate surface area is 160 Å². The summed E-state index contributed by atoms with van der Waals surface area (Å²) in [6.07, 6.45) is 7.54. The largest absolute Gasteiger partial charge is 0.495 e. The lowest BCUT2D eigenvalue weighted by Gasteiger charge is -2.36. The van der Waals surface area contributed by atoms with Crippen LogP contribution in [0, 0.1) is 0 Å². The molecule has 0 bridgehead atoms. The number of anilines is 2. The molecule has 27 heavy (non-hydrogen) atoms. The van der Waals surface area contributed by atoms with Gasteiger partial charge in [0, 0.05) is 23.8 Å². The summed E-state index contributed by atoms with van der Waals surface area (Å²) in [5, 5.41) is 3.52. The van der Waals surface area contributed by atoms with Crippen LogP contribution in [0.3, 0.4) is 0 Å². The fourth-order valence-electron chi connectivity index (χ4n) is 4.25. The Morgan fingerprint density at radius 3 is 2.81 bits per heavy atom. The van der Waals surface area contributed by atoms with Gasteiger partial charge in [0.1, 0.15) is 17.4 Å². The lowest BCUT2D eigenvalue weighted by molar-refractivity contribution is -0.122. The molecule has 1 N–H and O–H groups in total. The van der Waals surface area contributed by atoms with Crippen molar-refractivity contribution in [1.82, 2.24) is 9.97 Å². The summed E-state index contributed by atoms with van der Waals surface area (Å²) in [4.78, 5) is 24.1. The monoisotopic (exact) mass is 366 g/mol. The van der Waals surface area contributed by atoms with E-state index in [1.807, 2.05) is 43.0 Å². The van der Waals surface area contributed by atoms with Crippen molar-refractivity contribution < 1.29 is 9.53 Å². The predicted molar refractivity (Wildman–Crippen MR) is 105 cm³/mol. The average molecular weight is 366 g/mol. The molecule has 1 amide bonds. The number of ether oxygens (including phenoxy) is 1. The molecule has 6 heteroatoms. The van der Waals surface area contributed by atoms with Crippen LogP contribution in [0.1, 0.15) is 45.1 Å². The van der Waals surface area contributed by atoms with Gasteiger partial charge in [0.05, 0.1) is 18.7 Å². The van der Waals surface area contributed by atoms with Gasteiger partial charge in [-0.1, -0.05) is 6.07 Å². The van der Waals surface area contributed by atoms with Crippen molar-refractivity contribution in [2.45, 2.75) is 57.0 Å². The number of pyridine rings is 2. The van der Waals surface area contributed by atoms with Crippen molar-refractivity contribution in [3.05, 3.63) is 42.2 Å². The first kappa shape index (κ1) is 17.8. The molecule has 1 saturated carbocycles. The maximum atomic E-state index is 13.2. The Kier molecular flexibility index (Phi) is 4.50. The van der Waals surface area contributed by atoms with E-state index in [1.54, 1.807) is 19.5 Å². The molecule has 1 fully saturated rings. The third-order valence-electron chi connectivity index (χ3n) is 5.78. The van der Waals surface area contributed by atoms with Crippen molar-refractivity contribution in [2.24, 2.45) is 0 Å². The SMILES string of the molecule is COc1ccc(NC2CCCC(N3C(=O)C(C)(C)c4cccnc43)C2)nc1. The summed E-state index contributed by atoms with van der Waals surface area (Å²) in [6, 6.07) is 8.23. The molecule has 2 aromatic rings. The number of fused-ring (bicyclic) bond motifs is 1. The number of hydrogen-bond acceptors (Lipinski definition) is 5. The normalized spacial score (nSPS) is 23.8. The third-order valence-corrected chi connectivity index (χ3v) is 5.78. The van der Waals surface area contributed by atoms with E-state index in [0.29, 0.717) is 0 Å². The zero-order chi connectivity index (χ0) is 19.0. The minimum absolute atomic E-state index is 0.157. The minimum atomic E-state index is -0.512. The van der Waals surface area contributed by atoms with Crippen LogP contribution in [0.5, 0.6) is 5.75 Å². The van der Waals surface area contributed by atoms with Gasteiger partial charge < -0.3 is 10.1 Å². The summed E-state index contributed by atoms with van der Waals surface area (Å²) in [7, 11) is 1.64. The zero-order valence-electron chi connectivity index (χ0n) is 16.1. The van der Waals surface area contributed by atoms with Crippen LogP contribution in [-0.2, 0) is 10.2 Å². The van der Waals surface area contributed by atoms with E-state index in [4.69, 9.17) is 4.74 Å². The molecule has 4 rings (SSSR count). The summed E-state index contributed by atoms with van der Waals surface area (Å²) >= 11 is 0. The number of nitrogens with zero attached hydrogens (tertiary/aromatic N) is 3. The van der Waals surface area contributed by atoms with Crippen LogP contribution in [0.15, 0.2) is 36.7 Å². The quantitative estimate of drug-likeness (QED) is 0.896. The zero-order valence-corrected chi connectivity index (χ0v) is 16.1. The third kappa shape index (κ3) is 3.13. The molecule has 1 aliphatic carbocycles. The van der Waals surface area contributed by atoms with E-state index < -0.39 is 5.41 Å². The Morgan fingerprint density at radius 1 is 1.22 bits per heavy atom. The highest BCUT2D eigenvalue weighted by Gasteiger charge is 2.47. The maximum absolute atomic E-state index is 13.2. The Morgan fingerprint density at radius 2 is 2.07 bits per heavy atom. The summed E-state index contributed by atoms with van der Waals surface area (Å²) in [6.45, 7) is 3.99. The highest BCUT2D eigenvalue weighted by atomic mass is 16.5. The second kappa shape index (κ2) is 6.83. The first-order valence-electron chi connectivity index (χ1n) is 9.56. The van der Waals surface area contributed by atoms with Crippen LogP contribution in [0.2, 0.25) is 0 Å². The van der Waals surface area contributed by atoms with Crippen molar-refractivity contribution in [3.63, 3.8) is 0 Å². The first-order valence-corrected chi connectivity index (χ1v) is 9.56. The van der Waals surface area contributed by atoms with Crippen molar-refractivity contribution in [2.75, 3.05) is 17.3 Å². The number of rotatable bonds is 4. The molecule has 0 aromatic carbocycles. The van der Waals surface area contributed by atoms with Gasteiger partial charge in [0.15, 0.2) is 0 Å². The standard InChI is InChI=1S/C21H26N4O2/c1-21(2)17-8-5-11-22-19(17)25(20(21)26)15-7-4-6-14(12-15)24-18-10-9-16(27-3)13-23-18/h5,8-11,13-15H,4,6-7,12H2,1-3H3,(H,23,24). The number of nitrogens with one attached hydrogen (secondary N) is 1. The average Bonchev–Trinajstić information content (AvgIpc) is 2.89. The van der Waals surface area contributed by atoms with Gasteiger partial charge in [-0.2, -0.15) is 0 Å². The van der Waals surface area contributed by atoms with E-state index in [1.165, 1.54) is 0 Å². The highest BCUT2D eigenvalue weighted by Crippen LogP contribution is 2.43. The maximum Gasteiger partial charge on any atom is 0.238 e. The molecule has 2 unspecified atom stereocenters. The number of methoxy groups -OCH3 is 1. The van der Waals surface area contributed by atoms with E-state index in [2.05, 4.69) is 15.3 Å². The van der Waals surface area contributed by atoms with Crippen LogP contribution in [0.25, 0.3) is 0 Å². The van der Waals surface area contributed by atoms with Gasteiger partial charge >= 0.3 is 0 Å². The van der Waals surface area contributed by atoms with E-state index in [-0.39, 0.29) is 18.0 Å². The molecule has 1 aliphatic heterocycles. The fourth-order valence-corrected chi connectivity index (χ4v) is 4.25. The lowest BCUT2D eigenvalue weighted by atomic mass is 9.86. The molecule has 0 spiro atoms. The van der Waals surface area contributed by atoms with Crippen LogP contribution in [-0.4, -0.2) is 35.1 Å². The Hall–Kier alpha value is -2.63. The molecule has 2 aliphatic rings. The van der Waals surface area contributed by atoms with Gasteiger partial charge in [0.25, 0.3) is 0 Å². The molecule has 142 valence electrons. The first-order chi connectivity index (χ1) is 13.0. The second-order valence-electron chi connectivity index (χ2n) is 7.92. The lowest BCUT2D eigenvalue weighted by Crippen LogP contribution is -2.47.